The molecule has 12 heteroatoms. The van der Waals surface area contributed by atoms with Crippen LogP contribution in [0, 0.1) is 11.6 Å². The molecule has 0 bridgehead atoms. The molecule has 0 atom stereocenters. The minimum atomic E-state index is -1.21. The van der Waals surface area contributed by atoms with E-state index in [1.807, 2.05) is 0 Å². The van der Waals surface area contributed by atoms with Crippen molar-refractivity contribution in [2.75, 3.05) is 50.2 Å². The van der Waals surface area contributed by atoms with Crippen LogP contribution in [0.1, 0.15) is 5.56 Å². The van der Waals surface area contributed by atoms with Gasteiger partial charge in [0.1, 0.15) is 12.4 Å². The lowest BCUT2D eigenvalue weighted by Gasteiger charge is -2.26. The van der Waals surface area contributed by atoms with E-state index in [1.54, 1.807) is 36.8 Å². The van der Waals surface area contributed by atoms with Gasteiger partial charge in [-0.15, -0.1) is 0 Å². The van der Waals surface area contributed by atoms with Crippen LogP contribution < -0.4 is 27.2 Å². The highest BCUT2D eigenvalue weighted by molar-refractivity contribution is 6.12. The Hall–Kier alpha value is -3.87. The van der Waals surface area contributed by atoms with Gasteiger partial charge in [0, 0.05) is 43.8 Å². The first kappa shape index (κ1) is 24.3. The van der Waals surface area contributed by atoms with E-state index in [2.05, 4.69) is 20.0 Å². The lowest BCUT2D eigenvalue weighted by Crippen LogP contribution is -2.40. The second-order valence-corrected chi connectivity index (χ2v) is 7.73. The Labute approximate surface area is 200 Å². The second-order valence-electron chi connectivity index (χ2n) is 7.73. The molecule has 1 aliphatic rings. The van der Waals surface area contributed by atoms with E-state index in [0.717, 1.165) is 23.7 Å². The van der Waals surface area contributed by atoms with Gasteiger partial charge in [-0.1, -0.05) is 0 Å². The molecule has 184 valence electrons. The number of hydrazone groups is 1. The monoisotopic (exact) mass is 484 g/mol. The van der Waals surface area contributed by atoms with Crippen molar-refractivity contribution in [1.82, 2.24) is 14.9 Å². The molecular weight excluding hydrogens is 458 g/mol. The Bertz CT molecular complexity index is 1190. The third-order valence-corrected chi connectivity index (χ3v) is 5.58. The Kier molecular flexibility index (Phi) is 7.65. The van der Waals surface area contributed by atoms with Crippen molar-refractivity contribution in [1.29, 1.82) is 0 Å². The highest BCUT2D eigenvalue weighted by atomic mass is 19.2. The van der Waals surface area contributed by atoms with E-state index in [0.29, 0.717) is 25.3 Å². The van der Waals surface area contributed by atoms with Crippen LogP contribution in [0.5, 0.6) is 5.75 Å². The summed E-state index contributed by atoms with van der Waals surface area (Å²) in [5, 5.41) is 4.49. The average Bonchev–Trinajstić information content (AvgIpc) is 2.89. The maximum Gasteiger partial charge on any atom is 0.202 e. The van der Waals surface area contributed by atoms with Gasteiger partial charge in [-0.3, -0.25) is 14.9 Å². The van der Waals surface area contributed by atoms with Gasteiger partial charge >= 0.3 is 0 Å². The first-order valence-corrected chi connectivity index (χ1v) is 10.9. The van der Waals surface area contributed by atoms with Crippen molar-refractivity contribution in [3.63, 3.8) is 0 Å². The summed E-state index contributed by atoms with van der Waals surface area (Å²) in [6.45, 7) is 3.58. The fourth-order valence-corrected chi connectivity index (χ4v) is 3.66. The normalized spacial score (nSPS) is 14.7. The topological polar surface area (TPSA) is 141 Å². The molecule has 2 aromatic heterocycles. The number of hydrogen-bond acceptors (Lipinski definition) is 9. The van der Waals surface area contributed by atoms with E-state index < -0.39 is 11.6 Å². The number of rotatable bonds is 7. The predicted octanol–water partition coefficient (Wildman–Crippen LogP) is 1.72. The van der Waals surface area contributed by atoms with E-state index in [4.69, 9.17) is 26.9 Å². The Morgan fingerprint density at radius 3 is 2.57 bits per heavy atom. The molecule has 0 unspecified atom stereocenters. The number of hydrogen-bond donors (Lipinski definition) is 3. The Balaban J connectivity index is 1.54. The van der Waals surface area contributed by atoms with Crippen LogP contribution in [-0.4, -0.2) is 60.2 Å². The lowest BCUT2D eigenvalue weighted by molar-refractivity contribution is 0.0320. The molecule has 35 heavy (non-hydrogen) atoms. The number of morpholine rings is 1. The maximum absolute atomic E-state index is 15.0. The number of aromatic nitrogens is 2. The number of hydrazine groups is 1. The Morgan fingerprint density at radius 1 is 1.11 bits per heavy atom. The van der Waals surface area contributed by atoms with Gasteiger partial charge in [0.2, 0.25) is 5.82 Å². The number of nitrogens with two attached hydrogens (primary N) is 3. The number of benzene rings is 1. The third kappa shape index (κ3) is 5.45. The van der Waals surface area contributed by atoms with Crippen LogP contribution >= 0.6 is 0 Å². The third-order valence-electron chi connectivity index (χ3n) is 5.58. The van der Waals surface area contributed by atoms with Crippen LogP contribution in [0.15, 0.2) is 54.0 Å². The van der Waals surface area contributed by atoms with Gasteiger partial charge in [0.25, 0.3) is 0 Å². The molecule has 4 rings (SSSR count). The molecule has 10 nitrogen and oxygen atoms in total. The summed E-state index contributed by atoms with van der Waals surface area (Å²) in [6, 6.07) is 7.80. The van der Waals surface area contributed by atoms with Crippen LogP contribution in [0.2, 0.25) is 0 Å². The first-order valence-electron chi connectivity index (χ1n) is 10.9. The van der Waals surface area contributed by atoms with E-state index in [1.165, 1.54) is 12.1 Å². The number of halogens is 2. The Morgan fingerprint density at radius 2 is 1.86 bits per heavy atom. The summed E-state index contributed by atoms with van der Waals surface area (Å²) in [6.07, 6.45) is 4.81. The van der Waals surface area contributed by atoms with Crippen molar-refractivity contribution in [2.45, 2.75) is 0 Å². The molecule has 1 aliphatic heterocycles. The lowest BCUT2D eigenvalue weighted by atomic mass is 10.1. The zero-order valence-electron chi connectivity index (χ0n) is 18.9. The summed E-state index contributed by atoms with van der Waals surface area (Å²) >= 11 is 0. The number of pyridine rings is 2. The predicted molar refractivity (Wildman–Crippen MR) is 128 cm³/mol. The van der Waals surface area contributed by atoms with E-state index in [9.17, 15) is 8.78 Å². The van der Waals surface area contributed by atoms with Crippen molar-refractivity contribution in [2.24, 2.45) is 16.8 Å². The molecule has 1 saturated heterocycles. The number of nitrogens with zero attached hydrogens (tertiary/aromatic N) is 5. The molecule has 3 aromatic rings. The molecule has 0 radical (unpaired) electrons. The highest BCUT2D eigenvalue weighted by Gasteiger charge is 2.23. The number of anilines is 2. The fourth-order valence-electron chi connectivity index (χ4n) is 3.66. The maximum atomic E-state index is 15.0. The smallest absolute Gasteiger partial charge is 0.202 e. The van der Waals surface area contributed by atoms with Gasteiger partial charge in [-0.05, 0) is 35.9 Å². The van der Waals surface area contributed by atoms with Gasteiger partial charge in [0.15, 0.2) is 17.4 Å². The van der Waals surface area contributed by atoms with Gasteiger partial charge in [-0.2, -0.15) is 9.49 Å². The molecule has 1 fully saturated rings. The van der Waals surface area contributed by atoms with Crippen LogP contribution in [-0.2, 0) is 4.74 Å². The average molecular weight is 485 g/mol. The molecule has 0 spiro atoms. The second kappa shape index (κ2) is 11.0. The molecule has 6 N–H and O–H groups in total. The summed E-state index contributed by atoms with van der Waals surface area (Å²) in [5.74, 6) is 9.04. The van der Waals surface area contributed by atoms with Crippen LogP contribution in [0.25, 0.3) is 11.1 Å². The summed E-state index contributed by atoms with van der Waals surface area (Å²) in [5.41, 5.74) is 7.46. The molecule has 1 aromatic carbocycles. The largest absolute Gasteiger partial charge is 0.489 e. The minimum absolute atomic E-state index is 0.0615. The summed E-state index contributed by atoms with van der Waals surface area (Å²) < 4.78 is 40.5. The van der Waals surface area contributed by atoms with Crippen molar-refractivity contribution >= 4 is 17.3 Å². The van der Waals surface area contributed by atoms with Crippen LogP contribution in [0.3, 0.4) is 0 Å². The molecule has 0 amide bonds. The van der Waals surface area contributed by atoms with Crippen LogP contribution in [0.4, 0.5) is 20.3 Å². The number of amidine groups is 1. The van der Waals surface area contributed by atoms with E-state index in [-0.39, 0.29) is 35.3 Å². The SMILES string of the molecule is N/N=C(/c1cc(-c2ccncc2)cnc1N)N(N)c1ccc(OCCN2CCOCC2)c(F)c1F. The van der Waals surface area contributed by atoms with Gasteiger partial charge < -0.3 is 21.1 Å². The first-order chi connectivity index (χ1) is 17.0. The van der Waals surface area contributed by atoms with Gasteiger partial charge in [0.05, 0.1) is 24.5 Å². The quantitative estimate of drug-likeness (QED) is 0.198. The zero-order valence-corrected chi connectivity index (χ0v) is 18.9. The molecular formula is C23H26F2N8O2. The minimum Gasteiger partial charge on any atom is -0.489 e. The molecule has 0 aliphatic carbocycles. The summed E-state index contributed by atoms with van der Waals surface area (Å²) in [7, 11) is 0. The highest BCUT2D eigenvalue weighted by Crippen LogP contribution is 2.29. The van der Waals surface area contributed by atoms with Gasteiger partial charge in [-0.25, -0.2) is 15.2 Å². The molecule has 0 saturated carbocycles. The van der Waals surface area contributed by atoms with E-state index >= 15 is 0 Å². The molecule has 3 heterocycles. The standard InChI is InChI=1S/C23H26F2N8O2/c24-20-18(1-2-19(21(20)25)35-12-9-32-7-10-34-11-8-32)33(28)23(31-27)17-13-16(14-30-22(17)26)15-3-5-29-6-4-15/h1-6,13-14H,7-12,27-28H2,(H2,26,30)/b31-23-. The number of nitrogen functional groups attached to an aromatic ring is 1. The van der Waals surface area contributed by atoms with Crippen molar-refractivity contribution in [3.8, 4) is 16.9 Å². The van der Waals surface area contributed by atoms with Crippen molar-refractivity contribution < 1.29 is 18.3 Å². The number of ether oxygens (including phenoxy) is 2. The fraction of sp³-hybridized carbons (Fsp3) is 0.261. The zero-order chi connectivity index (χ0) is 24.8. The van der Waals surface area contributed by atoms with Crippen molar-refractivity contribution in [3.05, 3.63) is 66.1 Å². The summed E-state index contributed by atoms with van der Waals surface area (Å²) in [4.78, 5) is 10.3.